The average molecular weight is 306 g/mol. The summed E-state index contributed by atoms with van der Waals surface area (Å²) in [5.74, 6) is -0.444. The summed E-state index contributed by atoms with van der Waals surface area (Å²) >= 11 is 1.38. The quantitative estimate of drug-likeness (QED) is 0.801. The molecule has 2 rings (SSSR count). The number of rotatable bonds is 6. The van der Waals surface area contributed by atoms with Crippen LogP contribution in [0.5, 0.6) is 0 Å². The van der Waals surface area contributed by atoms with Crippen molar-refractivity contribution in [1.82, 2.24) is 4.98 Å². The number of hydrogen-bond acceptors (Lipinski definition) is 6. The van der Waals surface area contributed by atoms with E-state index in [9.17, 15) is 9.90 Å². The van der Waals surface area contributed by atoms with E-state index in [0.717, 1.165) is 10.4 Å². The number of thiazole rings is 1. The molecule has 0 amide bonds. The number of aryl methyl sites for hydroxylation is 1. The second-order valence-corrected chi connectivity index (χ2v) is 5.83. The molecule has 0 spiro atoms. The molecule has 0 bridgehead atoms. The van der Waals surface area contributed by atoms with Crippen molar-refractivity contribution in [2.45, 2.75) is 19.4 Å². The number of aliphatic hydroxyl groups is 1. The minimum absolute atomic E-state index is 0.0128. The minimum atomic E-state index is -0.444. The number of nitrogens with zero attached hydrogens (tertiary/aromatic N) is 1. The van der Waals surface area contributed by atoms with E-state index in [4.69, 9.17) is 0 Å². The molecule has 1 aromatic carbocycles. The Kier molecular flexibility index (Phi) is 5.30. The molecule has 1 aromatic heterocycles. The van der Waals surface area contributed by atoms with Gasteiger partial charge in [0.25, 0.3) is 0 Å². The summed E-state index contributed by atoms with van der Waals surface area (Å²) in [6, 6.07) is 9.76. The third-order valence-electron chi connectivity index (χ3n) is 3.05. The lowest BCUT2D eigenvalue weighted by Gasteiger charge is -2.15. The molecule has 1 heterocycles. The molecule has 0 aliphatic rings. The molecule has 0 saturated heterocycles. The van der Waals surface area contributed by atoms with Gasteiger partial charge in [-0.1, -0.05) is 30.3 Å². The van der Waals surface area contributed by atoms with E-state index in [0.29, 0.717) is 17.2 Å². The molecule has 0 fully saturated rings. The average Bonchev–Trinajstić information content (AvgIpc) is 2.87. The zero-order valence-electron chi connectivity index (χ0n) is 12.0. The predicted molar refractivity (Wildman–Crippen MR) is 82.8 cm³/mol. The van der Waals surface area contributed by atoms with Crippen molar-refractivity contribution in [1.29, 1.82) is 0 Å². The molecule has 2 N–H and O–H groups in total. The van der Waals surface area contributed by atoms with E-state index >= 15 is 0 Å². The first-order valence-corrected chi connectivity index (χ1v) is 7.42. The molecule has 112 valence electrons. The van der Waals surface area contributed by atoms with Crippen molar-refractivity contribution < 1.29 is 14.6 Å². The van der Waals surface area contributed by atoms with Crippen LogP contribution in [0.2, 0.25) is 0 Å². The molecule has 2 aromatic rings. The number of aliphatic hydroxyl groups excluding tert-OH is 1. The van der Waals surface area contributed by atoms with Gasteiger partial charge in [0.15, 0.2) is 10.8 Å². The van der Waals surface area contributed by atoms with Crippen LogP contribution in [-0.2, 0) is 11.2 Å². The Morgan fingerprint density at radius 1 is 1.43 bits per heavy atom. The summed E-state index contributed by atoms with van der Waals surface area (Å²) in [7, 11) is 1.33. The van der Waals surface area contributed by atoms with Gasteiger partial charge in [-0.25, -0.2) is 9.78 Å². The predicted octanol–water partition coefficient (Wildman–Crippen LogP) is 2.25. The maximum absolute atomic E-state index is 11.5. The van der Waals surface area contributed by atoms with Crippen molar-refractivity contribution in [3.8, 4) is 0 Å². The normalized spacial score (nSPS) is 12.0. The number of carbonyl (C=O) groups excluding carboxylic acids is 1. The smallest absolute Gasteiger partial charge is 0.357 e. The number of anilines is 1. The molecule has 5 nitrogen and oxygen atoms in total. The third-order valence-corrected chi connectivity index (χ3v) is 3.95. The molecule has 0 radical (unpaired) electrons. The largest absolute Gasteiger partial charge is 0.464 e. The van der Waals surface area contributed by atoms with Gasteiger partial charge in [0, 0.05) is 4.88 Å². The van der Waals surface area contributed by atoms with Gasteiger partial charge in [-0.05, 0) is 18.9 Å². The number of aromatic nitrogens is 1. The maximum Gasteiger partial charge on any atom is 0.357 e. The molecule has 21 heavy (non-hydrogen) atoms. The molecule has 1 unspecified atom stereocenters. The molecular formula is C15H18N2O3S. The molecule has 0 aliphatic heterocycles. The summed E-state index contributed by atoms with van der Waals surface area (Å²) in [5.41, 5.74) is 1.45. The summed E-state index contributed by atoms with van der Waals surface area (Å²) in [6.45, 7) is 1.81. The van der Waals surface area contributed by atoms with Gasteiger partial charge in [0.05, 0.1) is 19.8 Å². The highest BCUT2D eigenvalue weighted by Crippen LogP contribution is 2.23. The SMILES string of the molecule is COC(=O)c1nc(NC(CO)Cc2ccccc2)sc1C. The summed E-state index contributed by atoms with van der Waals surface area (Å²) in [5, 5.41) is 13.3. The molecule has 6 heteroatoms. The lowest BCUT2D eigenvalue weighted by Crippen LogP contribution is -2.26. The van der Waals surface area contributed by atoms with Crippen molar-refractivity contribution >= 4 is 22.4 Å². The molecule has 0 aliphatic carbocycles. The lowest BCUT2D eigenvalue weighted by molar-refractivity contribution is 0.0594. The highest BCUT2D eigenvalue weighted by atomic mass is 32.1. The van der Waals surface area contributed by atoms with E-state index in [1.54, 1.807) is 0 Å². The first kappa shape index (κ1) is 15.5. The first-order chi connectivity index (χ1) is 10.1. The molecule has 1 atom stereocenters. The van der Waals surface area contributed by atoms with Gasteiger partial charge in [0.2, 0.25) is 0 Å². The number of benzene rings is 1. The number of carbonyl (C=O) groups is 1. The van der Waals surface area contributed by atoms with Gasteiger partial charge in [-0.15, -0.1) is 11.3 Å². The van der Waals surface area contributed by atoms with Crippen LogP contribution < -0.4 is 5.32 Å². The monoisotopic (exact) mass is 306 g/mol. The van der Waals surface area contributed by atoms with E-state index in [2.05, 4.69) is 15.0 Å². The van der Waals surface area contributed by atoms with E-state index in [1.165, 1.54) is 18.4 Å². The van der Waals surface area contributed by atoms with Crippen molar-refractivity contribution in [2.75, 3.05) is 19.0 Å². The lowest BCUT2D eigenvalue weighted by atomic mass is 10.1. The van der Waals surface area contributed by atoms with Crippen LogP contribution in [0.3, 0.4) is 0 Å². The third kappa shape index (κ3) is 4.03. The van der Waals surface area contributed by atoms with Gasteiger partial charge < -0.3 is 15.2 Å². The van der Waals surface area contributed by atoms with Crippen LogP contribution >= 0.6 is 11.3 Å². The second-order valence-electron chi connectivity index (χ2n) is 4.63. The zero-order valence-corrected chi connectivity index (χ0v) is 12.8. The fourth-order valence-electron chi connectivity index (χ4n) is 1.98. The number of nitrogens with one attached hydrogen (secondary N) is 1. The Hall–Kier alpha value is -1.92. The summed E-state index contributed by atoms with van der Waals surface area (Å²) in [6.07, 6.45) is 0.684. The van der Waals surface area contributed by atoms with Gasteiger partial charge >= 0.3 is 5.97 Å². The summed E-state index contributed by atoms with van der Waals surface area (Å²) in [4.78, 5) is 16.6. The number of methoxy groups -OCH3 is 1. The number of ether oxygens (including phenoxy) is 1. The minimum Gasteiger partial charge on any atom is -0.464 e. The van der Waals surface area contributed by atoms with Gasteiger partial charge in [-0.3, -0.25) is 0 Å². The highest BCUT2D eigenvalue weighted by Gasteiger charge is 2.17. The van der Waals surface area contributed by atoms with Gasteiger partial charge in [0.1, 0.15) is 0 Å². The Bertz CT molecular complexity index is 598. The first-order valence-electron chi connectivity index (χ1n) is 6.61. The van der Waals surface area contributed by atoms with Crippen LogP contribution in [0.4, 0.5) is 5.13 Å². The van der Waals surface area contributed by atoms with Crippen LogP contribution in [0, 0.1) is 6.92 Å². The zero-order chi connectivity index (χ0) is 15.2. The van der Waals surface area contributed by atoms with Crippen molar-refractivity contribution in [3.63, 3.8) is 0 Å². The van der Waals surface area contributed by atoms with Gasteiger partial charge in [-0.2, -0.15) is 0 Å². The molecule has 0 saturated carbocycles. The van der Waals surface area contributed by atoms with E-state index in [1.807, 2.05) is 37.3 Å². The van der Waals surface area contributed by atoms with Crippen LogP contribution in [0.1, 0.15) is 20.9 Å². The standard InChI is InChI=1S/C15H18N2O3S/c1-10-13(14(19)20-2)17-15(21-10)16-12(9-18)8-11-6-4-3-5-7-11/h3-7,12,18H,8-9H2,1-2H3,(H,16,17). The van der Waals surface area contributed by atoms with E-state index in [-0.39, 0.29) is 12.6 Å². The van der Waals surface area contributed by atoms with Crippen LogP contribution in [0.15, 0.2) is 30.3 Å². The number of hydrogen-bond donors (Lipinski definition) is 2. The Balaban J connectivity index is 2.07. The van der Waals surface area contributed by atoms with Crippen LogP contribution in [0.25, 0.3) is 0 Å². The Morgan fingerprint density at radius 3 is 2.76 bits per heavy atom. The fraction of sp³-hybridized carbons (Fsp3) is 0.333. The number of esters is 1. The highest BCUT2D eigenvalue weighted by molar-refractivity contribution is 7.15. The van der Waals surface area contributed by atoms with E-state index < -0.39 is 5.97 Å². The Labute approximate surface area is 127 Å². The van der Waals surface area contributed by atoms with Crippen molar-refractivity contribution in [3.05, 3.63) is 46.5 Å². The Morgan fingerprint density at radius 2 is 2.14 bits per heavy atom. The van der Waals surface area contributed by atoms with Crippen LogP contribution in [-0.4, -0.2) is 35.8 Å². The van der Waals surface area contributed by atoms with Crippen molar-refractivity contribution in [2.24, 2.45) is 0 Å². The molecular weight excluding hydrogens is 288 g/mol. The second kappa shape index (κ2) is 7.19. The maximum atomic E-state index is 11.5. The summed E-state index contributed by atoms with van der Waals surface area (Å²) < 4.78 is 4.69. The fourth-order valence-corrected chi connectivity index (χ4v) is 2.86. The topological polar surface area (TPSA) is 71.5 Å².